The maximum atomic E-state index is 13.1. The number of ether oxygens (including phenoxy) is 1. The van der Waals surface area contributed by atoms with E-state index >= 15 is 0 Å². The lowest BCUT2D eigenvalue weighted by atomic mass is 9.99. The van der Waals surface area contributed by atoms with Gasteiger partial charge in [0.05, 0.1) is 6.61 Å². The summed E-state index contributed by atoms with van der Waals surface area (Å²) in [4.78, 5) is 31.9. The average molecular weight is 379 g/mol. The highest BCUT2D eigenvalue weighted by atomic mass is 16.6. The first-order chi connectivity index (χ1) is 12.8. The molecule has 11 nitrogen and oxygen atoms in total. The number of allylic oxidation sites excluding steroid dienone is 1. The second-order valence-corrected chi connectivity index (χ2v) is 6.25. The van der Waals surface area contributed by atoms with E-state index in [1.165, 1.54) is 12.2 Å². The zero-order chi connectivity index (χ0) is 19.9. The third-order valence-electron chi connectivity index (χ3n) is 4.63. The minimum Gasteiger partial charge on any atom is -0.394 e. The molecule has 0 spiro atoms. The molecule has 0 saturated carbocycles. The highest BCUT2D eigenvalue weighted by molar-refractivity contribution is 5.72. The minimum absolute atomic E-state index is 0.0107. The summed E-state index contributed by atoms with van der Waals surface area (Å²) in [6, 6.07) is 0. The van der Waals surface area contributed by atoms with E-state index in [4.69, 9.17) is 10.5 Å². The summed E-state index contributed by atoms with van der Waals surface area (Å²) in [5.74, 6) is -0.238. The molecule has 1 fully saturated rings. The van der Waals surface area contributed by atoms with Gasteiger partial charge in [-0.15, -0.1) is 13.2 Å². The molecule has 1 aliphatic rings. The molecule has 1 aliphatic heterocycles. The van der Waals surface area contributed by atoms with E-state index in [9.17, 15) is 24.9 Å². The normalized spacial score (nSPS) is 27.9. The molecule has 0 unspecified atom stereocenters. The Morgan fingerprint density at radius 3 is 2.59 bits per heavy atom. The maximum absolute atomic E-state index is 13.1. The summed E-state index contributed by atoms with van der Waals surface area (Å²) in [6.45, 7) is 6.57. The number of rotatable bonds is 6. The van der Waals surface area contributed by atoms with Crippen molar-refractivity contribution < 1.29 is 20.1 Å². The molecule has 2 aromatic rings. The van der Waals surface area contributed by atoms with E-state index in [1.807, 2.05) is 0 Å². The van der Waals surface area contributed by atoms with Crippen LogP contribution in [-0.4, -0.2) is 59.3 Å². The van der Waals surface area contributed by atoms with Gasteiger partial charge in [-0.3, -0.25) is 14.3 Å². The predicted octanol–water partition coefficient (Wildman–Crippen LogP) is -2.00. The van der Waals surface area contributed by atoms with Crippen molar-refractivity contribution in [2.75, 3.05) is 12.3 Å². The molecule has 27 heavy (non-hydrogen) atoms. The lowest BCUT2D eigenvalue weighted by Crippen LogP contribution is -2.50. The zero-order valence-electron chi connectivity index (χ0n) is 14.4. The van der Waals surface area contributed by atoms with Crippen LogP contribution in [0.4, 0.5) is 5.95 Å². The summed E-state index contributed by atoms with van der Waals surface area (Å²) in [5.41, 5.74) is 2.21. The van der Waals surface area contributed by atoms with Crippen molar-refractivity contribution in [2.45, 2.75) is 37.0 Å². The molecular formula is C16H21N5O6. The van der Waals surface area contributed by atoms with Crippen molar-refractivity contribution in [3.8, 4) is 0 Å². The fraction of sp³-hybridized carbons (Fsp3) is 0.438. The minimum atomic E-state index is -1.83. The molecule has 0 bridgehead atoms. The van der Waals surface area contributed by atoms with Crippen LogP contribution in [0.2, 0.25) is 0 Å². The third kappa shape index (κ3) is 2.63. The second kappa shape index (κ2) is 6.78. The van der Waals surface area contributed by atoms with Crippen molar-refractivity contribution in [1.82, 2.24) is 19.1 Å². The Balaban J connectivity index is 2.43. The van der Waals surface area contributed by atoms with Gasteiger partial charge < -0.3 is 25.8 Å². The Bertz CT molecular complexity index is 1010. The molecule has 6 N–H and O–H groups in total. The lowest BCUT2D eigenvalue weighted by molar-refractivity contribution is -0.145. The number of nitrogens with one attached hydrogen (secondary N) is 1. The van der Waals surface area contributed by atoms with Crippen LogP contribution < -0.4 is 17.0 Å². The van der Waals surface area contributed by atoms with Gasteiger partial charge in [0.2, 0.25) is 5.95 Å². The second-order valence-electron chi connectivity index (χ2n) is 6.25. The summed E-state index contributed by atoms with van der Waals surface area (Å²) in [6.07, 6.45) is -1.53. The van der Waals surface area contributed by atoms with E-state index in [1.54, 1.807) is 0 Å². The number of anilines is 1. The van der Waals surface area contributed by atoms with Crippen LogP contribution in [0.15, 0.2) is 34.9 Å². The molecule has 11 heteroatoms. The summed E-state index contributed by atoms with van der Waals surface area (Å²) >= 11 is 0. The lowest BCUT2D eigenvalue weighted by Gasteiger charge is -2.32. The molecule has 1 saturated heterocycles. The van der Waals surface area contributed by atoms with Crippen molar-refractivity contribution >= 4 is 17.1 Å². The fourth-order valence-electron chi connectivity index (χ4n) is 3.49. The number of hydrogen-bond donors (Lipinski definition) is 5. The molecule has 3 rings (SSSR count). The van der Waals surface area contributed by atoms with Crippen LogP contribution in [0, 0.1) is 0 Å². The van der Waals surface area contributed by atoms with E-state index in [0.29, 0.717) is 0 Å². The molecule has 2 aromatic heterocycles. The topological polar surface area (TPSA) is 169 Å². The molecule has 4 atom stereocenters. The van der Waals surface area contributed by atoms with Crippen LogP contribution in [-0.2, 0) is 17.0 Å². The van der Waals surface area contributed by atoms with Gasteiger partial charge >= 0.3 is 5.69 Å². The number of H-pyrrole nitrogens is 1. The first-order valence-electron chi connectivity index (χ1n) is 8.20. The quantitative estimate of drug-likeness (QED) is 0.359. The molecule has 3 heterocycles. The Morgan fingerprint density at radius 1 is 1.33 bits per heavy atom. The summed E-state index contributed by atoms with van der Waals surface area (Å²) < 4.78 is 7.80. The zero-order valence-corrected chi connectivity index (χ0v) is 14.4. The summed E-state index contributed by atoms with van der Waals surface area (Å²) in [7, 11) is 0. The Labute approximate surface area is 152 Å². The first-order valence-corrected chi connectivity index (χ1v) is 8.20. The van der Waals surface area contributed by atoms with E-state index < -0.39 is 41.9 Å². The highest BCUT2D eigenvalue weighted by Gasteiger charge is 2.56. The van der Waals surface area contributed by atoms with E-state index in [0.717, 1.165) is 9.13 Å². The maximum Gasteiger partial charge on any atom is 0.333 e. The van der Waals surface area contributed by atoms with Gasteiger partial charge in [-0.25, -0.2) is 9.36 Å². The average Bonchev–Trinajstić information content (AvgIpc) is 3.02. The summed E-state index contributed by atoms with van der Waals surface area (Å²) in [5, 5.41) is 30.4. The molecule has 0 aliphatic carbocycles. The molecule has 0 radical (unpaired) electrons. The van der Waals surface area contributed by atoms with Crippen LogP contribution >= 0.6 is 0 Å². The first kappa shape index (κ1) is 19.0. The third-order valence-corrected chi connectivity index (χ3v) is 4.63. The standard InChI is InChI=1S/C16H21N5O6/c1-3-5-16(11(24)10(23)8(7-22)27-16)21-12-9(13(25)19-14(17)18-12)20(6-4-2)15(21)26/h3-4,8,10-11,22-24H,1-2,5-7H2,(H3,17,18,19,25)/t8-,10-,11-,16-/m1/s1. The number of aliphatic hydroxyl groups is 3. The fourth-order valence-corrected chi connectivity index (χ4v) is 3.49. The molecule has 146 valence electrons. The van der Waals surface area contributed by atoms with E-state index in [-0.39, 0.29) is 30.1 Å². The monoisotopic (exact) mass is 379 g/mol. The van der Waals surface area contributed by atoms with Gasteiger partial charge in [-0.1, -0.05) is 12.2 Å². The van der Waals surface area contributed by atoms with Gasteiger partial charge in [0.1, 0.15) is 18.3 Å². The molecule has 0 aromatic carbocycles. The van der Waals surface area contributed by atoms with Crippen LogP contribution in [0.1, 0.15) is 6.42 Å². The van der Waals surface area contributed by atoms with Gasteiger partial charge in [-0.2, -0.15) is 4.98 Å². The van der Waals surface area contributed by atoms with Gasteiger partial charge in [0.15, 0.2) is 16.9 Å². The smallest absolute Gasteiger partial charge is 0.333 e. The Hall–Kier alpha value is -2.73. The molecule has 0 amide bonds. The Kier molecular flexibility index (Phi) is 4.78. The van der Waals surface area contributed by atoms with Crippen LogP contribution in [0.25, 0.3) is 11.2 Å². The number of nitrogen functional groups attached to an aromatic ring is 1. The number of hydrogen-bond acceptors (Lipinski definition) is 8. The van der Waals surface area contributed by atoms with Crippen molar-refractivity contribution in [3.63, 3.8) is 0 Å². The number of nitrogens with zero attached hydrogens (tertiary/aromatic N) is 3. The van der Waals surface area contributed by atoms with Crippen molar-refractivity contribution in [1.29, 1.82) is 0 Å². The number of nitrogens with two attached hydrogens (primary N) is 1. The van der Waals surface area contributed by atoms with E-state index in [2.05, 4.69) is 23.1 Å². The number of imidazole rings is 1. The Morgan fingerprint density at radius 2 is 2.04 bits per heavy atom. The number of aromatic nitrogens is 4. The van der Waals surface area contributed by atoms with Gasteiger partial charge in [0, 0.05) is 13.0 Å². The largest absolute Gasteiger partial charge is 0.394 e. The molecular weight excluding hydrogens is 358 g/mol. The number of fused-ring (bicyclic) bond motifs is 1. The van der Waals surface area contributed by atoms with Crippen molar-refractivity contribution in [2.24, 2.45) is 0 Å². The predicted molar refractivity (Wildman–Crippen MR) is 96.0 cm³/mol. The van der Waals surface area contributed by atoms with Crippen LogP contribution in [0.3, 0.4) is 0 Å². The highest BCUT2D eigenvalue weighted by Crippen LogP contribution is 2.39. The SMILES string of the molecule is C=CCn1c(=O)n([C@]2(CC=C)O[C@H](CO)[C@@H](O)[C@H]2O)c2nc(N)[nH]c(=O)c21. The van der Waals surface area contributed by atoms with Crippen LogP contribution in [0.5, 0.6) is 0 Å². The number of aromatic amines is 1. The van der Waals surface area contributed by atoms with Crippen molar-refractivity contribution in [3.05, 3.63) is 46.1 Å². The number of aliphatic hydroxyl groups excluding tert-OH is 3. The van der Waals surface area contributed by atoms with Gasteiger partial charge in [-0.05, 0) is 0 Å². The van der Waals surface area contributed by atoms with Gasteiger partial charge in [0.25, 0.3) is 5.56 Å².